The number of halogens is 3. The van der Waals surface area contributed by atoms with Crippen molar-refractivity contribution < 1.29 is 13.2 Å². The summed E-state index contributed by atoms with van der Waals surface area (Å²) in [5.41, 5.74) is 0.531. The molecule has 0 radical (unpaired) electrons. The lowest BCUT2D eigenvalue weighted by Gasteiger charge is -2.32. The molecule has 0 bridgehead atoms. The molecule has 0 unspecified atom stereocenters. The summed E-state index contributed by atoms with van der Waals surface area (Å²) in [5.74, 6) is 0.833. The van der Waals surface area contributed by atoms with Crippen molar-refractivity contribution in [3.05, 3.63) is 34.9 Å². The molecule has 0 amide bonds. The van der Waals surface area contributed by atoms with Gasteiger partial charge in [-0.25, -0.2) is 0 Å². The minimum atomic E-state index is -4.27. The van der Waals surface area contributed by atoms with Crippen LogP contribution in [-0.4, -0.2) is 43.0 Å². The average Bonchev–Trinajstić information content (AvgIpc) is 2.41. The first-order valence-electron chi connectivity index (χ1n) is 8.17. The number of benzene rings is 1. The molecular formula is C18H29F3N2. The zero-order valence-corrected chi connectivity index (χ0v) is 14.9. The van der Waals surface area contributed by atoms with Crippen LogP contribution in [0.1, 0.15) is 37.5 Å². The SMILES string of the molecule is CC(C)C.Cc1ccc(CN2CCN(C)CC2)c(C(F)(F)F)c1. The first-order chi connectivity index (χ1) is 10.6. The van der Waals surface area contributed by atoms with Crippen molar-refractivity contribution in [2.24, 2.45) is 5.92 Å². The molecule has 1 aromatic carbocycles. The highest BCUT2D eigenvalue weighted by molar-refractivity contribution is 5.33. The molecule has 1 heterocycles. The van der Waals surface area contributed by atoms with Crippen molar-refractivity contribution >= 4 is 0 Å². The Morgan fingerprint density at radius 1 is 1.04 bits per heavy atom. The fourth-order valence-electron chi connectivity index (χ4n) is 2.34. The summed E-state index contributed by atoms with van der Waals surface area (Å²) in [6.45, 7) is 12.0. The van der Waals surface area contributed by atoms with Gasteiger partial charge >= 0.3 is 6.18 Å². The lowest BCUT2D eigenvalue weighted by atomic mass is 10.0. The standard InChI is InChI=1S/C14H19F3N2.C4H10/c1-11-3-4-12(13(9-11)14(15,16)17)10-19-7-5-18(2)6-8-19;1-4(2)3/h3-4,9H,5-8,10H2,1-2H3;4H,1-3H3. The summed E-state index contributed by atoms with van der Waals surface area (Å²) in [4.78, 5) is 4.27. The Labute approximate surface area is 138 Å². The molecule has 0 atom stereocenters. The van der Waals surface area contributed by atoms with Gasteiger partial charge in [0.15, 0.2) is 0 Å². The van der Waals surface area contributed by atoms with Crippen LogP contribution in [0.4, 0.5) is 13.2 Å². The van der Waals surface area contributed by atoms with Crippen LogP contribution in [0.3, 0.4) is 0 Å². The molecule has 1 fully saturated rings. The smallest absolute Gasteiger partial charge is 0.304 e. The van der Waals surface area contributed by atoms with E-state index in [9.17, 15) is 13.2 Å². The lowest BCUT2D eigenvalue weighted by Crippen LogP contribution is -2.44. The van der Waals surface area contributed by atoms with Crippen molar-refractivity contribution in [3.63, 3.8) is 0 Å². The van der Waals surface area contributed by atoms with Crippen LogP contribution in [0.2, 0.25) is 0 Å². The Morgan fingerprint density at radius 3 is 2.04 bits per heavy atom. The van der Waals surface area contributed by atoms with Crippen molar-refractivity contribution in [2.45, 2.75) is 40.4 Å². The van der Waals surface area contributed by atoms with Gasteiger partial charge in [-0.1, -0.05) is 38.5 Å². The zero-order chi connectivity index (χ0) is 17.6. The maximum Gasteiger partial charge on any atom is 0.416 e. The molecule has 2 nitrogen and oxygen atoms in total. The second kappa shape index (κ2) is 8.69. The molecule has 132 valence electrons. The van der Waals surface area contributed by atoms with Gasteiger partial charge in [0.25, 0.3) is 0 Å². The summed E-state index contributed by atoms with van der Waals surface area (Å²) >= 11 is 0. The highest BCUT2D eigenvalue weighted by Gasteiger charge is 2.33. The molecule has 1 aromatic rings. The predicted molar refractivity (Wildman–Crippen MR) is 89.5 cm³/mol. The van der Waals surface area contributed by atoms with Crippen LogP contribution in [0.15, 0.2) is 18.2 Å². The van der Waals surface area contributed by atoms with E-state index >= 15 is 0 Å². The molecule has 0 saturated carbocycles. The van der Waals surface area contributed by atoms with Crippen LogP contribution in [0, 0.1) is 12.8 Å². The third-order valence-corrected chi connectivity index (χ3v) is 3.56. The van der Waals surface area contributed by atoms with E-state index in [1.807, 2.05) is 7.05 Å². The van der Waals surface area contributed by atoms with Gasteiger partial charge in [0.2, 0.25) is 0 Å². The quantitative estimate of drug-likeness (QED) is 0.792. The lowest BCUT2D eigenvalue weighted by molar-refractivity contribution is -0.138. The molecule has 1 aliphatic rings. The molecule has 23 heavy (non-hydrogen) atoms. The van der Waals surface area contributed by atoms with Gasteiger partial charge in [-0.3, -0.25) is 4.90 Å². The van der Waals surface area contributed by atoms with E-state index in [-0.39, 0.29) is 0 Å². The maximum atomic E-state index is 13.0. The van der Waals surface area contributed by atoms with Gasteiger partial charge in [-0.15, -0.1) is 0 Å². The fraction of sp³-hybridized carbons (Fsp3) is 0.667. The van der Waals surface area contributed by atoms with Gasteiger partial charge in [0.1, 0.15) is 0 Å². The van der Waals surface area contributed by atoms with Crippen molar-refractivity contribution in [1.82, 2.24) is 9.80 Å². The highest BCUT2D eigenvalue weighted by atomic mass is 19.4. The Bertz CT molecular complexity index is 473. The monoisotopic (exact) mass is 330 g/mol. The van der Waals surface area contributed by atoms with Crippen LogP contribution >= 0.6 is 0 Å². The largest absolute Gasteiger partial charge is 0.416 e. The molecule has 5 heteroatoms. The van der Waals surface area contributed by atoms with Gasteiger partial charge < -0.3 is 4.90 Å². The molecule has 2 rings (SSSR count). The van der Waals surface area contributed by atoms with E-state index in [1.165, 1.54) is 6.07 Å². The number of hydrogen-bond acceptors (Lipinski definition) is 2. The molecule has 1 saturated heterocycles. The summed E-state index contributed by atoms with van der Waals surface area (Å²) in [7, 11) is 2.03. The van der Waals surface area contributed by atoms with E-state index in [2.05, 4.69) is 30.6 Å². The molecular weight excluding hydrogens is 301 g/mol. The van der Waals surface area contributed by atoms with Crippen LogP contribution in [0.25, 0.3) is 0 Å². The summed E-state index contributed by atoms with van der Waals surface area (Å²) in [6, 6.07) is 4.60. The third-order valence-electron chi connectivity index (χ3n) is 3.56. The molecule has 1 aliphatic heterocycles. The molecule has 0 aliphatic carbocycles. The van der Waals surface area contributed by atoms with Gasteiger partial charge in [-0.05, 0) is 31.5 Å². The maximum absolute atomic E-state index is 13.0. The fourth-order valence-corrected chi connectivity index (χ4v) is 2.34. The van der Waals surface area contributed by atoms with Crippen molar-refractivity contribution in [1.29, 1.82) is 0 Å². The van der Waals surface area contributed by atoms with Gasteiger partial charge in [0, 0.05) is 32.7 Å². The Kier molecular flexibility index (Phi) is 7.55. The number of rotatable bonds is 2. The van der Waals surface area contributed by atoms with Crippen LogP contribution in [0.5, 0.6) is 0 Å². The van der Waals surface area contributed by atoms with E-state index in [0.29, 0.717) is 17.7 Å². The zero-order valence-electron chi connectivity index (χ0n) is 14.9. The minimum Gasteiger partial charge on any atom is -0.304 e. The Morgan fingerprint density at radius 2 is 1.57 bits per heavy atom. The summed E-state index contributed by atoms with van der Waals surface area (Å²) in [6.07, 6.45) is -4.27. The number of hydrogen-bond donors (Lipinski definition) is 0. The van der Waals surface area contributed by atoms with E-state index in [0.717, 1.165) is 32.1 Å². The predicted octanol–water partition coefficient (Wildman–Crippen LogP) is 4.42. The topological polar surface area (TPSA) is 6.48 Å². The van der Waals surface area contributed by atoms with Crippen molar-refractivity contribution in [3.8, 4) is 0 Å². The van der Waals surface area contributed by atoms with Gasteiger partial charge in [0.05, 0.1) is 5.56 Å². The average molecular weight is 330 g/mol. The Balaban J connectivity index is 0.000000593. The Hall–Kier alpha value is -1.07. The molecule has 0 N–H and O–H groups in total. The number of piperazine rings is 1. The number of nitrogens with zero attached hydrogens (tertiary/aromatic N) is 2. The van der Waals surface area contributed by atoms with Crippen LogP contribution in [-0.2, 0) is 12.7 Å². The van der Waals surface area contributed by atoms with Crippen molar-refractivity contribution in [2.75, 3.05) is 33.2 Å². The highest BCUT2D eigenvalue weighted by Crippen LogP contribution is 2.33. The number of likely N-dealkylation sites (N-methyl/N-ethyl adjacent to an activating group) is 1. The van der Waals surface area contributed by atoms with Crippen LogP contribution < -0.4 is 0 Å². The second-order valence-corrected chi connectivity index (χ2v) is 6.97. The molecule has 0 spiro atoms. The van der Waals surface area contributed by atoms with Gasteiger partial charge in [-0.2, -0.15) is 13.2 Å². The number of aryl methyl sites for hydroxylation is 1. The first kappa shape index (κ1) is 20.0. The van der Waals surface area contributed by atoms with E-state index in [4.69, 9.17) is 0 Å². The number of alkyl halides is 3. The molecule has 0 aromatic heterocycles. The minimum absolute atomic E-state index is 0.377. The van der Waals surface area contributed by atoms with E-state index < -0.39 is 11.7 Å². The third kappa shape index (κ3) is 7.36. The first-order valence-corrected chi connectivity index (χ1v) is 8.17. The normalized spacial score (nSPS) is 17.1. The summed E-state index contributed by atoms with van der Waals surface area (Å²) < 4.78 is 39.1. The van der Waals surface area contributed by atoms with E-state index in [1.54, 1.807) is 19.1 Å². The summed E-state index contributed by atoms with van der Waals surface area (Å²) in [5, 5.41) is 0. The second-order valence-electron chi connectivity index (χ2n) is 6.97.